The number of aromatic nitrogens is 1. The van der Waals surface area contributed by atoms with Crippen LogP contribution in [0.25, 0.3) is 0 Å². The van der Waals surface area contributed by atoms with Gasteiger partial charge in [0.1, 0.15) is 5.94 Å². The number of hydrogen-bond acceptors (Lipinski definition) is 2. The number of H-pyrrole nitrogens is 1. The van der Waals surface area contributed by atoms with Crippen molar-refractivity contribution in [1.29, 1.82) is 0 Å². The van der Waals surface area contributed by atoms with Crippen molar-refractivity contribution in [2.45, 2.75) is 20.3 Å². The van der Waals surface area contributed by atoms with Crippen LogP contribution < -0.4 is 0 Å². The lowest BCUT2D eigenvalue weighted by Gasteiger charge is -1.94. The van der Waals surface area contributed by atoms with Crippen LogP contribution in [0.5, 0.6) is 0 Å². The predicted molar refractivity (Wildman–Crippen MR) is 49.6 cm³/mol. The molecule has 0 spiro atoms. The SMILES string of the molecule is Cc1[nH]c(C=O)c(C)c1CC=C=O. The van der Waals surface area contributed by atoms with E-state index in [2.05, 4.69) is 4.98 Å². The van der Waals surface area contributed by atoms with Gasteiger partial charge in [0.15, 0.2) is 6.29 Å². The first kappa shape index (κ1) is 9.49. The molecule has 1 rings (SSSR count). The van der Waals surface area contributed by atoms with Crippen LogP contribution in [0, 0.1) is 13.8 Å². The molecule has 13 heavy (non-hydrogen) atoms. The second-order valence-electron chi connectivity index (χ2n) is 2.91. The summed E-state index contributed by atoms with van der Waals surface area (Å²) in [5, 5.41) is 0. The molecule has 0 unspecified atom stereocenters. The fraction of sp³-hybridized carbons (Fsp3) is 0.300. The Morgan fingerprint density at radius 1 is 1.46 bits per heavy atom. The van der Waals surface area contributed by atoms with E-state index in [0.29, 0.717) is 12.1 Å². The quantitative estimate of drug-likeness (QED) is 0.560. The van der Waals surface area contributed by atoms with Gasteiger partial charge >= 0.3 is 0 Å². The third-order valence-electron chi connectivity index (χ3n) is 2.14. The Kier molecular flexibility index (Phi) is 2.83. The molecule has 0 aliphatic heterocycles. The van der Waals surface area contributed by atoms with E-state index in [4.69, 9.17) is 0 Å². The largest absolute Gasteiger partial charge is 0.356 e. The summed E-state index contributed by atoms with van der Waals surface area (Å²) in [6.07, 6.45) is 2.74. The van der Waals surface area contributed by atoms with E-state index in [0.717, 1.165) is 23.1 Å². The zero-order valence-electron chi connectivity index (χ0n) is 7.68. The maximum Gasteiger partial charge on any atom is 0.166 e. The number of carbonyl (C=O) groups excluding carboxylic acids is 2. The number of aldehydes is 1. The van der Waals surface area contributed by atoms with Crippen LogP contribution in [0.2, 0.25) is 0 Å². The number of allylic oxidation sites excluding steroid dienone is 1. The minimum absolute atomic E-state index is 0.533. The van der Waals surface area contributed by atoms with Gasteiger partial charge in [0.2, 0.25) is 0 Å². The van der Waals surface area contributed by atoms with E-state index in [1.54, 1.807) is 5.94 Å². The van der Waals surface area contributed by atoms with Gasteiger partial charge in [-0.25, -0.2) is 4.79 Å². The summed E-state index contributed by atoms with van der Waals surface area (Å²) in [5.74, 6) is 1.72. The molecule has 0 atom stereocenters. The summed E-state index contributed by atoms with van der Waals surface area (Å²) in [6, 6.07) is 0. The molecule has 68 valence electrons. The first-order valence-electron chi connectivity index (χ1n) is 4.03. The smallest absolute Gasteiger partial charge is 0.166 e. The van der Waals surface area contributed by atoms with Crippen LogP contribution in [0.1, 0.15) is 27.3 Å². The molecule has 0 fully saturated rings. The molecule has 0 saturated carbocycles. The Morgan fingerprint density at radius 2 is 2.15 bits per heavy atom. The van der Waals surface area contributed by atoms with Crippen LogP contribution in [-0.4, -0.2) is 17.2 Å². The highest BCUT2D eigenvalue weighted by molar-refractivity contribution is 5.76. The van der Waals surface area contributed by atoms with E-state index >= 15 is 0 Å². The minimum atomic E-state index is 0.533. The Hall–Kier alpha value is -1.60. The van der Waals surface area contributed by atoms with Crippen LogP contribution in [0.4, 0.5) is 0 Å². The van der Waals surface area contributed by atoms with Gasteiger partial charge in [-0.1, -0.05) is 0 Å². The van der Waals surface area contributed by atoms with Crippen molar-refractivity contribution >= 4 is 12.2 Å². The summed E-state index contributed by atoms with van der Waals surface area (Å²) < 4.78 is 0. The molecule has 0 amide bonds. The van der Waals surface area contributed by atoms with E-state index in [1.807, 2.05) is 13.8 Å². The van der Waals surface area contributed by atoms with E-state index in [9.17, 15) is 9.59 Å². The maximum absolute atomic E-state index is 10.5. The highest BCUT2D eigenvalue weighted by Crippen LogP contribution is 2.16. The van der Waals surface area contributed by atoms with Crippen molar-refractivity contribution in [3.8, 4) is 0 Å². The molecule has 0 aromatic carbocycles. The Labute approximate surface area is 76.5 Å². The highest BCUT2D eigenvalue weighted by atomic mass is 16.1. The topological polar surface area (TPSA) is 49.9 Å². The summed E-state index contributed by atoms with van der Waals surface area (Å²) in [6.45, 7) is 3.75. The zero-order valence-corrected chi connectivity index (χ0v) is 7.68. The van der Waals surface area contributed by atoms with Crippen molar-refractivity contribution in [1.82, 2.24) is 4.98 Å². The summed E-state index contributed by atoms with van der Waals surface area (Å²) in [4.78, 5) is 23.5. The van der Waals surface area contributed by atoms with Gasteiger partial charge in [-0.05, 0) is 25.0 Å². The molecule has 0 saturated heterocycles. The first-order valence-corrected chi connectivity index (χ1v) is 4.03. The average molecular weight is 177 g/mol. The zero-order chi connectivity index (χ0) is 9.84. The molecule has 0 aliphatic carbocycles. The van der Waals surface area contributed by atoms with Gasteiger partial charge in [0.25, 0.3) is 0 Å². The standard InChI is InChI=1S/C10H11NO2/c1-7-9(4-3-5-12)8(2)11-10(7)6-13/h3,6,11H,4H2,1-2H3. The van der Waals surface area contributed by atoms with Crippen molar-refractivity contribution in [2.24, 2.45) is 0 Å². The van der Waals surface area contributed by atoms with Crippen molar-refractivity contribution in [2.75, 3.05) is 0 Å². The molecule has 3 nitrogen and oxygen atoms in total. The lowest BCUT2D eigenvalue weighted by atomic mass is 10.1. The minimum Gasteiger partial charge on any atom is -0.356 e. The second-order valence-corrected chi connectivity index (χ2v) is 2.91. The lowest BCUT2D eigenvalue weighted by molar-refractivity contribution is 0.111. The monoisotopic (exact) mass is 177 g/mol. The van der Waals surface area contributed by atoms with Gasteiger partial charge in [-0.3, -0.25) is 4.79 Å². The number of nitrogens with one attached hydrogen (secondary N) is 1. The van der Waals surface area contributed by atoms with E-state index in [1.165, 1.54) is 6.08 Å². The van der Waals surface area contributed by atoms with E-state index in [-0.39, 0.29) is 0 Å². The molecular formula is C10H11NO2. The number of aryl methyl sites for hydroxylation is 1. The van der Waals surface area contributed by atoms with Crippen molar-refractivity contribution < 1.29 is 9.59 Å². The number of hydrogen-bond donors (Lipinski definition) is 1. The third-order valence-corrected chi connectivity index (χ3v) is 2.14. The average Bonchev–Trinajstić information content (AvgIpc) is 2.39. The van der Waals surface area contributed by atoms with Gasteiger partial charge in [-0.15, -0.1) is 0 Å². The number of carbonyl (C=O) groups is 1. The normalized spacial score (nSPS) is 9.38. The summed E-state index contributed by atoms with van der Waals surface area (Å²) in [5.41, 5.74) is 3.45. The van der Waals surface area contributed by atoms with Crippen LogP contribution in [-0.2, 0) is 11.2 Å². The lowest BCUT2D eigenvalue weighted by Crippen LogP contribution is -1.86. The van der Waals surface area contributed by atoms with Crippen LogP contribution in [0.15, 0.2) is 6.08 Å². The van der Waals surface area contributed by atoms with E-state index < -0.39 is 0 Å². The predicted octanol–water partition coefficient (Wildman–Crippen LogP) is 1.37. The molecule has 1 aromatic rings. The summed E-state index contributed by atoms with van der Waals surface area (Å²) >= 11 is 0. The molecular weight excluding hydrogens is 166 g/mol. The van der Waals surface area contributed by atoms with Crippen LogP contribution in [0.3, 0.4) is 0 Å². The molecule has 0 aliphatic rings. The van der Waals surface area contributed by atoms with Crippen molar-refractivity contribution in [3.63, 3.8) is 0 Å². The molecule has 1 heterocycles. The fourth-order valence-electron chi connectivity index (χ4n) is 1.38. The third kappa shape index (κ3) is 1.76. The molecule has 1 aromatic heterocycles. The first-order chi connectivity index (χ1) is 6.20. The Bertz CT molecular complexity index is 371. The van der Waals surface area contributed by atoms with Crippen LogP contribution >= 0.6 is 0 Å². The van der Waals surface area contributed by atoms with Crippen molar-refractivity contribution in [3.05, 3.63) is 28.6 Å². The maximum atomic E-state index is 10.5. The number of aromatic amines is 1. The Morgan fingerprint density at radius 3 is 2.62 bits per heavy atom. The molecule has 3 heteroatoms. The fourth-order valence-corrected chi connectivity index (χ4v) is 1.38. The van der Waals surface area contributed by atoms with Gasteiger partial charge < -0.3 is 4.98 Å². The molecule has 1 N–H and O–H groups in total. The molecule has 0 radical (unpaired) electrons. The number of rotatable bonds is 3. The highest BCUT2D eigenvalue weighted by Gasteiger charge is 2.08. The molecule has 0 bridgehead atoms. The van der Waals surface area contributed by atoms with Gasteiger partial charge in [0.05, 0.1) is 5.69 Å². The van der Waals surface area contributed by atoms with Gasteiger partial charge in [-0.2, -0.15) is 0 Å². The Balaban J connectivity index is 3.12. The van der Waals surface area contributed by atoms with Gasteiger partial charge in [0, 0.05) is 18.2 Å². The second kappa shape index (κ2) is 3.87. The summed E-state index contributed by atoms with van der Waals surface area (Å²) in [7, 11) is 0.